The van der Waals surface area contributed by atoms with E-state index in [0.717, 1.165) is 18.4 Å². The summed E-state index contributed by atoms with van der Waals surface area (Å²) >= 11 is 1.52. The Bertz CT molecular complexity index is 667. The van der Waals surface area contributed by atoms with Gasteiger partial charge in [0.25, 0.3) is 11.8 Å². The summed E-state index contributed by atoms with van der Waals surface area (Å²) in [7, 11) is 0. The SMILES string of the molecule is Cc1ccc(C(=O)NNC(=O)c2cc3c(s2)CCC3)cc1. The van der Waals surface area contributed by atoms with E-state index < -0.39 is 0 Å². The Labute approximate surface area is 127 Å². The molecule has 5 heteroatoms. The van der Waals surface area contributed by atoms with Crippen LogP contribution in [0.2, 0.25) is 0 Å². The minimum absolute atomic E-state index is 0.255. The van der Waals surface area contributed by atoms with Crippen LogP contribution in [-0.4, -0.2) is 11.8 Å². The minimum atomic E-state index is -0.313. The maximum Gasteiger partial charge on any atom is 0.279 e. The number of hydrogen-bond acceptors (Lipinski definition) is 3. The molecule has 2 N–H and O–H groups in total. The minimum Gasteiger partial charge on any atom is -0.267 e. The number of benzene rings is 1. The smallest absolute Gasteiger partial charge is 0.267 e. The van der Waals surface area contributed by atoms with Crippen molar-refractivity contribution in [3.05, 3.63) is 56.8 Å². The number of rotatable bonds is 2. The van der Waals surface area contributed by atoms with Gasteiger partial charge in [-0.05, 0) is 49.9 Å². The highest BCUT2D eigenvalue weighted by molar-refractivity contribution is 7.14. The molecule has 108 valence electrons. The van der Waals surface area contributed by atoms with Gasteiger partial charge in [0.05, 0.1) is 4.88 Å². The molecule has 0 spiro atoms. The van der Waals surface area contributed by atoms with Crippen LogP contribution in [-0.2, 0) is 12.8 Å². The van der Waals surface area contributed by atoms with Gasteiger partial charge in [0.2, 0.25) is 0 Å². The molecule has 2 aromatic rings. The summed E-state index contributed by atoms with van der Waals surface area (Å²) in [5, 5.41) is 0. The van der Waals surface area contributed by atoms with Crippen LogP contribution in [0, 0.1) is 6.92 Å². The van der Waals surface area contributed by atoms with Crippen LogP contribution < -0.4 is 10.9 Å². The maximum atomic E-state index is 12.0. The second kappa shape index (κ2) is 5.69. The van der Waals surface area contributed by atoms with Gasteiger partial charge in [-0.15, -0.1) is 11.3 Å². The number of fused-ring (bicyclic) bond motifs is 1. The fraction of sp³-hybridized carbons (Fsp3) is 0.250. The molecule has 1 aliphatic rings. The average molecular weight is 300 g/mol. The first-order valence-electron chi connectivity index (χ1n) is 6.92. The molecule has 1 aromatic heterocycles. The van der Waals surface area contributed by atoms with E-state index in [9.17, 15) is 9.59 Å². The zero-order valence-electron chi connectivity index (χ0n) is 11.7. The molecule has 21 heavy (non-hydrogen) atoms. The van der Waals surface area contributed by atoms with Crippen molar-refractivity contribution in [3.63, 3.8) is 0 Å². The highest BCUT2D eigenvalue weighted by Crippen LogP contribution is 2.30. The van der Waals surface area contributed by atoms with Crippen LogP contribution in [0.1, 0.15) is 42.5 Å². The molecule has 0 atom stereocenters. The van der Waals surface area contributed by atoms with Crippen LogP contribution >= 0.6 is 11.3 Å². The zero-order valence-corrected chi connectivity index (χ0v) is 12.5. The Balaban J connectivity index is 1.60. The molecule has 4 nitrogen and oxygen atoms in total. The number of carbonyl (C=O) groups is 2. The monoisotopic (exact) mass is 300 g/mol. The largest absolute Gasteiger partial charge is 0.279 e. The lowest BCUT2D eigenvalue weighted by atomic mass is 10.1. The summed E-state index contributed by atoms with van der Waals surface area (Å²) < 4.78 is 0. The third-order valence-electron chi connectivity index (χ3n) is 3.57. The van der Waals surface area contributed by atoms with Crippen LogP contribution in [0.5, 0.6) is 0 Å². The van der Waals surface area contributed by atoms with Crippen molar-refractivity contribution in [3.8, 4) is 0 Å². The van der Waals surface area contributed by atoms with Crippen molar-refractivity contribution in [2.24, 2.45) is 0 Å². The topological polar surface area (TPSA) is 58.2 Å². The fourth-order valence-electron chi connectivity index (χ4n) is 2.39. The molecule has 0 unspecified atom stereocenters. The second-order valence-electron chi connectivity index (χ2n) is 5.19. The number of thiophene rings is 1. The highest BCUT2D eigenvalue weighted by Gasteiger charge is 2.18. The van der Waals surface area contributed by atoms with E-state index in [0.29, 0.717) is 10.4 Å². The number of nitrogens with one attached hydrogen (secondary N) is 2. The summed E-state index contributed by atoms with van der Waals surface area (Å²) in [4.78, 5) is 25.9. The summed E-state index contributed by atoms with van der Waals surface area (Å²) in [5.74, 6) is -0.567. The van der Waals surface area contributed by atoms with Crippen molar-refractivity contribution in [1.82, 2.24) is 10.9 Å². The van der Waals surface area contributed by atoms with E-state index in [1.54, 1.807) is 12.1 Å². The summed E-state index contributed by atoms with van der Waals surface area (Å²) in [5.41, 5.74) is 7.80. The lowest BCUT2D eigenvalue weighted by Crippen LogP contribution is -2.41. The third kappa shape index (κ3) is 2.97. The first-order chi connectivity index (χ1) is 10.1. The molecule has 3 rings (SSSR count). The molecular formula is C16H16N2O2S. The maximum absolute atomic E-state index is 12.0. The predicted molar refractivity (Wildman–Crippen MR) is 82.5 cm³/mol. The van der Waals surface area contributed by atoms with E-state index >= 15 is 0 Å². The molecule has 0 aliphatic heterocycles. The van der Waals surface area contributed by atoms with Crippen molar-refractivity contribution < 1.29 is 9.59 Å². The van der Waals surface area contributed by atoms with Gasteiger partial charge in [0.1, 0.15) is 0 Å². The number of carbonyl (C=O) groups excluding carboxylic acids is 2. The fourth-order valence-corrected chi connectivity index (χ4v) is 3.54. The van der Waals surface area contributed by atoms with E-state index in [4.69, 9.17) is 0 Å². The van der Waals surface area contributed by atoms with Crippen LogP contribution in [0.3, 0.4) is 0 Å². The third-order valence-corrected chi connectivity index (χ3v) is 4.81. The highest BCUT2D eigenvalue weighted by atomic mass is 32.1. The predicted octanol–water partition coefficient (Wildman–Crippen LogP) is 2.62. The number of hydrazine groups is 1. The molecule has 0 saturated carbocycles. The van der Waals surface area contributed by atoms with Gasteiger partial charge in [-0.1, -0.05) is 17.7 Å². The normalized spacial score (nSPS) is 12.8. The number of hydrogen-bond donors (Lipinski definition) is 2. The summed E-state index contributed by atoms with van der Waals surface area (Å²) in [6, 6.07) is 9.12. The molecule has 1 aromatic carbocycles. The summed E-state index contributed by atoms with van der Waals surface area (Å²) in [6.07, 6.45) is 3.28. The quantitative estimate of drug-likeness (QED) is 0.838. The van der Waals surface area contributed by atoms with E-state index in [1.807, 2.05) is 25.1 Å². The number of aryl methyl sites for hydroxylation is 3. The molecule has 1 heterocycles. The Morgan fingerprint density at radius 3 is 2.48 bits per heavy atom. The average Bonchev–Trinajstić information content (AvgIpc) is 3.06. The van der Waals surface area contributed by atoms with Crippen molar-refractivity contribution in [1.29, 1.82) is 0 Å². The van der Waals surface area contributed by atoms with Crippen molar-refractivity contribution >= 4 is 23.2 Å². The molecule has 0 saturated heterocycles. The lowest BCUT2D eigenvalue weighted by Gasteiger charge is -2.06. The second-order valence-corrected chi connectivity index (χ2v) is 6.32. The Kier molecular flexibility index (Phi) is 3.75. The van der Waals surface area contributed by atoms with Gasteiger partial charge in [-0.25, -0.2) is 0 Å². The molecule has 1 aliphatic carbocycles. The summed E-state index contributed by atoms with van der Waals surface area (Å²) in [6.45, 7) is 1.96. The molecule has 0 radical (unpaired) electrons. The Morgan fingerprint density at radius 2 is 1.76 bits per heavy atom. The van der Waals surface area contributed by atoms with Gasteiger partial charge < -0.3 is 0 Å². The van der Waals surface area contributed by atoms with Crippen molar-refractivity contribution in [2.45, 2.75) is 26.2 Å². The number of amides is 2. The van der Waals surface area contributed by atoms with E-state index in [1.165, 1.54) is 28.2 Å². The van der Waals surface area contributed by atoms with E-state index in [-0.39, 0.29) is 11.8 Å². The first kappa shape index (κ1) is 13.8. The van der Waals surface area contributed by atoms with Gasteiger partial charge in [0.15, 0.2) is 0 Å². The van der Waals surface area contributed by atoms with Crippen molar-refractivity contribution in [2.75, 3.05) is 0 Å². The van der Waals surface area contributed by atoms with Crippen LogP contribution in [0.15, 0.2) is 30.3 Å². The first-order valence-corrected chi connectivity index (χ1v) is 7.74. The molecular weight excluding hydrogens is 284 g/mol. The zero-order chi connectivity index (χ0) is 14.8. The van der Waals surface area contributed by atoms with Crippen LogP contribution in [0.25, 0.3) is 0 Å². The van der Waals surface area contributed by atoms with Gasteiger partial charge in [-0.2, -0.15) is 0 Å². The van der Waals surface area contributed by atoms with Gasteiger partial charge in [0, 0.05) is 10.4 Å². The van der Waals surface area contributed by atoms with Gasteiger partial charge >= 0.3 is 0 Å². The molecule has 0 fully saturated rings. The Morgan fingerprint density at radius 1 is 1.05 bits per heavy atom. The lowest BCUT2D eigenvalue weighted by molar-refractivity contribution is 0.0849. The standard InChI is InChI=1S/C16H16N2O2S/c1-10-5-7-11(8-6-10)15(19)17-18-16(20)14-9-12-3-2-4-13(12)21-14/h5-9H,2-4H2,1H3,(H,17,19)(H,18,20). The van der Waals surface area contributed by atoms with E-state index in [2.05, 4.69) is 10.9 Å². The molecule has 2 amide bonds. The van der Waals surface area contributed by atoms with Gasteiger partial charge in [-0.3, -0.25) is 20.4 Å². The Hall–Kier alpha value is -2.14. The molecule has 0 bridgehead atoms. The van der Waals surface area contributed by atoms with Crippen LogP contribution in [0.4, 0.5) is 0 Å².